The summed E-state index contributed by atoms with van der Waals surface area (Å²) in [4.78, 5) is 11.0. The zero-order valence-corrected chi connectivity index (χ0v) is 11.1. The predicted molar refractivity (Wildman–Crippen MR) is 73.5 cm³/mol. The number of aromatic nitrogens is 2. The van der Waals surface area contributed by atoms with Gasteiger partial charge in [-0.15, -0.1) is 11.3 Å². The molecule has 4 nitrogen and oxygen atoms in total. The molecule has 92 valence electrons. The van der Waals surface area contributed by atoms with Crippen molar-refractivity contribution in [3.63, 3.8) is 0 Å². The smallest absolute Gasteiger partial charge is 0.150 e. The van der Waals surface area contributed by atoms with Gasteiger partial charge in [-0.1, -0.05) is 6.92 Å². The number of thiophene rings is 1. The summed E-state index contributed by atoms with van der Waals surface area (Å²) in [6.07, 6.45) is 1.64. The van der Waals surface area contributed by atoms with E-state index in [0.717, 1.165) is 24.4 Å². The zero-order chi connectivity index (χ0) is 12.3. The van der Waals surface area contributed by atoms with E-state index in [1.165, 1.54) is 4.70 Å². The van der Waals surface area contributed by atoms with Gasteiger partial charge in [0.25, 0.3) is 0 Å². The van der Waals surface area contributed by atoms with Crippen LogP contribution in [0.3, 0.4) is 0 Å². The van der Waals surface area contributed by atoms with Gasteiger partial charge in [-0.2, -0.15) is 0 Å². The van der Waals surface area contributed by atoms with Crippen molar-refractivity contribution in [3.05, 3.63) is 17.8 Å². The third-order valence-electron chi connectivity index (χ3n) is 2.84. The number of nitrogens with zero attached hydrogens (tertiary/aromatic N) is 3. The monoisotopic (exact) mass is 250 g/mol. The average molecular weight is 250 g/mol. The first-order valence-corrected chi connectivity index (χ1v) is 6.77. The number of rotatable bonds is 5. The Morgan fingerprint density at radius 2 is 2.29 bits per heavy atom. The van der Waals surface area contributed by atoms with Crippen molar-refractivity contribution in [3.8, 4) is 0 Å². The molecule has 17 heavy (non-hydrogen) atoms. The van der Waals surface area contributed by atoms with Gasteiger partial charge >= 0.3 is 0 Å². The number of hydrogen-bond acceptors (Lipinski definition) is 5. The van der Waals surface area contributed by atoms with Crippen LogP contribution in [-0.2, 0) is 0 Å². The van der Waals surface area contributed by atoms with Gasteiger partial charge in [0.1, 0.15) is 12.1 Å². The minimum Gasteiger partial charge on any atom is -0.355 e. The van der Waals surface area contributed by atoms with Crippen molar-refractivity contribution in [2.45, 2.75) is 13.8 Å². The van der Waals surface area contributed by atoms with E-state index >= 15 is 0 Å². The summed E-state index contributed by atoms with van der Waals surface area (Å²) < 4.78 is 1.17. The van der Waals surface area contributed by atoms with Gasteiger partial charge in [0, 0.05) is 13.1 Å². The van der Waals surface area contributed by atoms with Crippen molar-refractivity contribution in [1.29, 1.82) is 0 Å². The van der Waals surface area contributed by atoms with Crippen molar-refractivity contribution in [1.82, 2.24) is 9.97 Å². The maximum Gasteiger partial charge on any atom is 0.150 e. The Labute approximate surface area is 105 Å². The Bertz CT molecular complexity index is 482. The van der Waals surface area contributed by atoms with Gasteiger partial charge in [-0.3, -0.25) is 0 Å². The number of fused-ring (bicyclic) bond motifs is 1. The molecule has 0 aromatic carbocycles. The normalized spacial score (nSPS) is 12.9. The Hall–Kier alpha value is -1.20. The quantitative estimate of drug-likeness (QED) is 0.883. The molecular weight excluding hydrogens is 232 g/mol. The van der Waals surface area contributed by atoms with Crippen LogP contribution in [-0.4, -0.2) is 29.6 Å². The average Bonchev–Trinajstić information content (AvgIpc) is 2.83. The second-order valence-electron chi connectivity index (χ2n) is 4.21. The number of hydrogen-bond donors (Lipinski definition) is 1. The Balaban J connectivity index is 2.32. The SMILES string of the molecule is CCN(CC(C)CN)c1ncnc2ccsc12. The third kappa shape index (κ3) is 2.56. The fourth-order valence-electron chi connectivity index (χ4n) is 1.82. The topological polar surface area (TPSA) is 55.0 Å². The minimum atomic E-state index is 0.472. The Morgan fingerprint density at radius 1 is 1.47 bits per heavy atom. The molecule has 0 saturated carbocycles. The summed E-state index contributed by atoms with van der Waals surface area (Å²) in [5.41, 5.74) is 6.72. The highest BCUT2D eigenvalue weighted by atomic mass is 32.1. The number of anilines is 1. The van der Waals surface area contributed by atoms with Gasteiger partial charge in [0.2, 0.25) is 0 Å². The molecule has 2 aromatic heterocycles. The highest BCUT2D eigenvalue weighted by molar-refractivity contribution is 7.17. The highest BCUT2D eigenvalue weighted by Crippen LogP contribution is 2.28. The van der Waals surface area contributed by atoms with Crippen LogP contribution in [0.25, 0.3) is 10.2 Å². The summed E-state index contributed by atoms with van der Waals surface area (Å²) in [7, 11) is 0. The van der Waals surface area contributed by atoms with Gasteiger partial charge in [-0.05, 0) is 30.8 Å². The lowest BCUT2D eigenvalue weighted by Crippen LogP contribution is -2.32. The molecule has 0 aliphatic heterocycles. The van der Waals surface area contributed by atoms with Crippen LogP contribution in [0.2, 0.25) is 0 Å². The first-order valence-electron chi connectivity index (χ1n) is 5.89. The molecule has 2 rings (SSSR count). The molecule has 2 heterocycles. The maximum atomic E-state index is 5.69. The van der Waals surface area contributed by atoms with Crippen molar-refractivity contribution in [2.24, 2.45) is 11.7 Å². The zero-order valence-electron chi connectivity index (χ0n) is 10.3. The summed E-state index contributed by atoms with van der Waals surface area (Å²) in [6, 6.07) is 2.03. The first-order chi connectivity index (χ1) is 8.26. The summed E-state index contributed by atoms with van der Waals surface area (Å²) in [5.74, 6) is 1.51. The van der Waals surface area contributed by atoms with Crippen LogP contribution in [0.15, 0.2) is 17.8 Å². The van der Waals surface area contributed by atoms with E-state index in [1.807, 2.05) is 6.07 Å². The summed E-state index contributed by atoms with van der Waals surface area (Å²) in [5, 5.41) is 2.06. The lowest BCUT2D eigenvalue weighted by atomic mass is 10.1. The maximum absolute atomic E-state index is 5.69. The Morgan fingerprint density at radius 3 is 3.00 bits per heavy atom. The van der Waals surface area contributed by atoms with Gasteiger partial charge < -0.3 is 10.6 Å². The van der Waals surface area contributed by atoms with E-state index in [9.17, 15) is 0 Å². The lowest BCUT2D eigenvalue weighted by molar-refractivity contribution is 0.574. The molecule has 0 spiro atoms. The molecule has 0 radical (unpaired) electrons. The van der Waals surface area contributed by atoms with Crippen molar-refractivity contribution in [2.75, 3.05) is 24.5 Å². The molecule has 0 amide bonds. The fourth-order valence-corrected chi connectivity index (χ4v) is 2.68. The molecule has 0 aliphatic rings. The van der Waals surface area contributed by atoms with E-state index in [-0.39, 0.29) is 0 Å². The van der Waals surface area contributed by atoms with E-state index in [1.54, 1.807) is 17.7 Å². The summed E-state index contributed by atoms with van der Waals surface area (Å²) in [6.45, 7) is 6.89. The fraction of sp³-hybridized carbons (Fsp3) is 0.500. The van der Waals surface area contributed by atoms with E-state index in [2.05, 4.69) is 34.1 Å². The molecule has 0 fully saturated rings. The van der Waals surface area contributed by atoms with Crippen LogP contribution in [0, 0.1) is 5.92 Å². The molecular formula is C12H18N4S. The van der Waals surface area contributed by atoms with Crippen LogP contribution in [0.4, 0.5) is 5.82 Å². The minimum absolute atomic E-state index is 0.472. The first kappa shape index (κ1) is 12.3. The van der Waals surface area contributed by atoms with Crippen LogP contribution < -0.4 is 10.6 Å². The molecule has 1 unspecified atom stereocenters. The molecule has 5 heteroatoms. The van der Waals surface area contributed by atoms with Crippen LogP contribution >= 0.6 is 11.3 Å². The highest BCUT2D eigenvalue weighted by Gasteiger charge is 2.13. The second kappa shape index (κ2) is 5.42. The van der Waals surface area contributed by atoms with E-state index in [4.69, 9.17) is 5.73 Å². The molecule has 2 aromatic rings. The van der Waals surface area contributed by atoms with Gasteiger partial charge in [0.15, 0.2) is 0 Å². The van der Waals surface area contributed by atoms with Gasteiger partial charge in [0.05, 0.1) is 10.2 Å². The molecule has 0 saturated heterocycles. The van der Waals surface area contributed by atoms with Crippen LogP contribution in [0.1, 0.15) is 13.8 Å². The Kier molecular flexibility index (Phi) is 3.91. The molecule has 2 N–H and O–H groups in total. The van der Waals surface area contributed by atoms with Crippen molar-refractivity contribution >= 4 is 27.4 Å². The summed E-state index contributed by atoms with van der Waals surface area (Å²) >= 11 is 1.69. The standard InChI is InChI=1S/C12H18N4S/c1-3-16(7-9(2)6-13)12-11-10(4-5-17-11)14-8-15-12/h4-5,8-9H,3,6-7,13H2,1-2H3. The van der Waals surface area contributed by atoms with Crippen molar-refractivity contribution < 1.29 is 0 Å². The lowest BCUT2D eigenvalue weighted by Gasteiger charge is -2.25. The van der Waals surface area contributed by atoms with Gasteiger partial charge in [-0.25, -0.2) is 9.97 Å². The van der Waals surface area contributed by atoms with Crippen LogP contribution in [0.5, 0.6) is 0 Å². The van der Waals surface area contributed by atoms with E-state index < -0.39 is 0 Å². The third-order valence-corrected chi connectivity index (χ3v) is 3.74. The molecule has 0 bridgehead atoms. The predicted octanol–water partition coefficient (Wildman–Crippen LogP) is 2.11. The van der Waals surface area contributed by atoms with E-state index in [0.29, 0.717) is 12.5 Å². The molecule has 0 aliphatic carbocycles. The largest absolute Gasteiger partial charge is 0.355 e. The molecule has 1 atom stereocenters. The number of nitrogens with two attached hydrogens (primary N) is 1. The second-order valence-corrected chi connectivity index (χ2v) is 5.13.